The fourth-order valence-corrected chi connectivity index (χ4v) is 1.57. The molecule has 1 rings (SSSR count). The van der Waals surface area contributed by atoms with E-state index in [9.17, 15) is 4.79 Å². The largest absolute Gasteiger partial charge is 0.480 e. The van der Waals surface area contributed by atoms with E-state index in [0.29, 0.717) is 15.7 Å². The molecule has 0 saturated heterocycles. The lowest BCUT2D eigenvalue weighted by Crippen LogP contribution is -2.24. The van der Waals surface area contributed by atoms with Gasteiger partial charge in [0.25, 0.3) is 0 Å². The molecule has 0 bridgehead atoms. The molecule has 0 saturated carbocycles. The number of halogens is 2. The molecule has 0 aliphatic carbocycles. The van der Waals surface area contributed by atoms with E-state index in [0.717, 1.165) is 0 Å². The van der Waals surface area contributed by atoms with Gasteiger partial charge in [-0.15, -0.1) is 0 Å². The topological polar surface area (TPSA) is 40.5 Å². The highest BCUT2D eigenvalue weighted by Crippen LogP contribution is 2.24. The third kappa shape index (κ3) is 3.09. The molecule has 1 aromatic rings. The van der Waals surface area contributed by atoms with Crippen molar-refractivity contribution < 1.29 is 9.90 Å². The third-order valence-electron chi connectivity index (χ3n) is 1.66. The van der Waals surface area contributed by atoms with E-state index in [4.69, 9.17) is 28.3 Å². The van der Waals surface area contributed by atoms with Crippen LogP contribution in [-0.4, -0.2) is 24.7 Å². The fourth-order valence-electron chi connectivity index (χ4n) is 1.05. The van der Waals surface area contributed by atoms with Crippen molar-refractivity contribution in [2.24, 2.45) is 0 Å². The van der Waals surface area contributed by atoms with E-state index < -0.39 is 5.97 Å². The number of hydrogen-bond acceptors (Lipinski definition) is 2. The van der Waals surface area contributed by atoms with Crippen LogP contribution in [0, 0.1) is 0 Å². The predicted octanol–water partition coefficient (Wildman–Crippen LogP) is 2.51. The Balaban J connectivity index is 2.89. The first kappa shape index (κ1) is 11.1. The Morgan fingerprint density at radius 3 is 2.29 bits per heavy atom. The van der Waals surface area contributed by atoms with Gasteiger partial charge in [0.15, 0.2) is 0 Å². The number of rotatable bonds is 3. The Labute approximate surface area is 91.8 Å². The van der Waals surface area contributed by atoms with Crippen molar-refractivity contribution in [3.63, 3.8) is 0 Å². The number of aliphatic carboxylic acids is 1. The average Bonchev–Trinajstić information content (AvgIpc) is 2.00. The lowest BCUT2D eigenvalue weighted by Gasteiger charge is -2.17. The van der Waals surface area contributed by atoms with Gasteiger partial charge in [0.1, 0.15) is 6.54 Å². The number of benzene rings is 1. The SMILES string of the molecule is CN(CC(=O)O)c1cc(Cl)cc(Cl)c1. The molecule has 76 valence electrons. The lowest BCUT2D eigenvalue weighted by atomic mass is 10.3. The van der Waals surface area contributed by atoms with Crippen molar-refractivity contribution in [3.05, 3.63) is 28.2 Å². The summed E-state index contributed by atoms with van der Waals surface area (Å²) in [4.78, 5) is 12.0. The molecule has 0 aliphatic rings. The van der Waals surface area contributed by atoms with Crippen LogP contribution in [-0.2, 0) is 4.79 Å². The van der Waals surface area contributed by atoms with Crippen LogP contribution in [0.2, 0.25) is 10.0 Å². The van der Waals surface area contributed by atoms with E-state index in [2.05, 4.69) is 0 Å². The maximum absolute atomic E-state index is 10.4. The number of hydrogen-bond donors (Lipinski definition) is 1. The summed E-state index contributed by atoms with van der Waals surface area (Å²) in [6.07, 6.45) is 0. The van der Waals surface area contributed by atoms with Crippen molar-refractivity contribution in [1.82, 2.24) is 0 Å². The van der Waals surface area contributed by atoms with Crippen LogP contribution in [0.3, 0.4) is 0 Å². The normalized spacial score (nSPS) is 9.93. The molecule has 14 heavy (non-hydrogen) atoms. The second-order valence-electron chi connectivity index (χ2n) is 2.88. The molecule has 0 atom stereocenters. The maximum atomic E-state index is 10.4. The first-order valence-electron chi connectivity index (χ1n) is 3.88. The van der Waals surface area contributed by atoms with E-state index in [-0.39, 0.29) is 6.54 Å². The van der Waals surface area contributed by atoms with Gasteiger partial charge in [0, 0.05) is 22.8 Å². The number of carboxylic acids is 1. The molecule has 0 unspecified atom stereocenters. The highest BCUT2D eigenvalue weighted by molar-refractivity contribution is 6.35. The van der Waals surface area contributed by atoms with E-state index in [1.54, 1.807) is 30.1 Å². The van der Waals surface area contributed by atoms with Gasteiger partial charge >= 0.3 is 5.97 Å². The monoisotopic (exact) mass is 233 g/mol. The molecular formula is C9H9Cl2NO2. The molecule has 5 heteroatoms. The molecule has 1 aromatic carbocycles. The summed E-state index contributed by atoms with van der Waals surface area (Å²) in [5.41, 5.74) is 0.685. The van der Waals surface area contributed by atoms with Crippen molar-refractivity contribution >= 4 is 34.9 Å². The number of carbonyl (C=O) groups is 1. The van der Waals surface area contributed by atoms with Crippen LogP contribution < -0.4 is 4.90 Å². The maximum Gasteiger partial charge on any atom is 0.323 e. The van der Waals surface area contributed by atoms with Gasteiger partial charge in [-0.1, -0.05) is 23.2 Å². The number of likely N-dealkylation sites (N-methyl/N-ethyl adjacent to an activating group) is 1. The van der Waals surface area contributed by atoms with Crippen molar-refractivity contribution in [1.29, 1.82) is 0 Å². The van der Waals surface area contributed by atoms with Crippen LogP contribution in [0.15, 0.2) is 18.2 Å². The predicted molar refractivity (Wildman–Crippen MR) is 57.4 cm³/mol. The smallest absolute Gasteiger partial charge is 0.323 e. The van der Waals surface area contributed by atoms with Crippen LogP contribution in [0.25, 0.3) is 0 Å². The van der Waals surface area contributed by atoms with Crippen LogP contribution in [0.5, 0.6) is 0 Å². The first-order chi connectivity index (χ1) is 6.49. The second-order valence-corrected chi connectivity index (χ2v) is 3.75. The number of anilines is 1. The van der Waals surface area contributed by atoms with Crippen LogP contribution in [0.4, 0.5) is 5.69 Å². The van der Waals surface area contributed by atoms with E-state index in [1.807, 2.05) is 0 Å². The van der Waals surface area contributed by atoms with Crippen molar-refractivity contribution in [2.75, 3.05) is 18.5 Å². The minimum atomic E-state index is -0.899. The summed E-state index contributed by atoms with van der Waals surface area (Å²) in [5.74, 6) is -0.899. The molecule has 1 N–H and O–H groups in total. The number of carboxylic acid groups (broad SMARTS) is 1. The second kappa shape index (κ2) is 4.53. The van der Waals surface area contributed by atoms with Gasteiger partial charge < -0.3 is 10.0 Å². The summed E-state index contributed by atoms with van der Waals surface area (Å²) in [6.45, 7) is -0.0866. The Morgan fingerprint density at radius 2 is 1.86 bits per heavy atom. The Hall–Kier alpha value is -0.930. The summed E-state index contributed by atoms with van der Waals surface area (Å²) >= 11 is 11.5. The fraction of sp³-hybridized carbons (Fsp3) is 0.222. The zero-order chi connectivity index (χ0) is 10.7. The lowest BCUT2D eigenvalue weighted by molar-refractivity contribution is -0.135. The first-order valence-corrected chi connectivity index (χ1v) is 4.63. The van der Waals surface area contributed by atoms with Crippen LogP contribution >= 0.6 is 23.2 Å². The molecular weight excluding hydrogens is 225 g/mol. The molecule has 0 heterocycles. The van der Waals surface area contributed by atoms with Gasteiger partial charge in [0.05, 0.1) is 0 Å². The van der Waals surface area contributed by atoms with Crippen LogP contribution in [0.1, 0.15) is 0 Å². The van der Waals surface area contributed by atoms with Gasteiger partial charge in [-0.2, -0.15) is 0 Å². The number of nitrogens with zero attached hydrogens (tertiary/aromatic N) is 1. The van der Waals surface area contributed by atoms with Gasteiger partial charge in [-0.25, -0.2) is 0 Å². The molecule has 0 aromatic heterocycles. The molecule has 3 nitrogen and oxygen atoms in total. The Morgan fingerprint density at radius 1 is 1.36 bits per heavy atom. The molecule has 0 aliphatic heterocycles. The summed E-state index contributed by atoms with van der Waals surface area (Å²) < 4.78 is 0. The zero-order valence-electron chi connectivity index (χ0n) is 7.50. The highest BCUT2D eigenvalue weighted by atomic mass is 35.5. The molecule has 0 amide bonds. The highest BCUT2D eigenvalue weighted by Gasteiger charge is 2.06. The summed E-state index contributed by atoms with van der Waals surface area (Å²) in [7, 11) is 1.66. The van der Waals surface area contributed by atoms with E-state index in [1.165, 1.54) is 0 Å². The third-order valence-corrected chi connectivity index (χ3v) is 2.10. The Kier molecular flexibility index (Phi) is 3.61. The molecule has 0 fully saturated rings. The average molecular weight is 234 g/mol. The zero-order valence-corrected chi connectivity index (χ0v) is 9.01. The molecule has 0 radical (unpaired) electrons. The van der Waals surface area contributed by atoms with Gasteiger partial charge in [-0.3, -0.25) is 4.79 Å². The molecule has 0 spiro atoms. The van der Waals surface area contributed by atoms with E-state index >= 15 is 0 Å². The van der Waals surface area contributed by atoms with Gasteiger partial charge in [-0.05, 0) is 18.2 Å². The summed E-state index contributed by atoms with van der Waals surface area (Å²) in [5, 5.41) is 9.56. The summed E-state index contributed by atoms with van der Waals surface area (Å²) in [6, 6.07) is 4.92. The minimum Gasteiger partial charge on any atom is -0.480 e. The van der Waals surface area contributed by atoms with Gasteiger partial charge in [0.2, 0.25) is 0 Å². The standard InChI is InChI=1S/C9H9Cl2NO2/c1-12(5-9(13)14)8-3-6(10)2-7(11)4-8/h2-4H,5H2,1H3,(H,13,14). The van der Waals surface area contributed by atoms with Crippen molar-refractivity contribution in [2.45, 2.75) is 0 Å². The van der Waals surface area contributed by atoms with Crippen molar-refractivity contribution in [3.8, 4) is 0 Å². The Bertz CT molecular complexity index is 334. The minimum absolute atomic E-state index is 0.0866. The quantitative estimate of drug-likeness (QED) is 0.873.